The Balaban J connectivity index is 0.00000144. The molecule has 118 valence electrons. The van der Waals surface area contributed by atoms with Gasteiger partial charge in [0, 0.05) is 28.3 Å². The fourth-order valence-electron chi connectivity index (χ4n) is 3.74. The summed E-state index contributed by atoms with van der Waals surface area (Å²) in [7, 11) is 0. The van der Waals surface area contributed by atoms with Crippen LogP contribution >= 0.6 is 28.3 Å². The number of phenolic OH excluding ortho intramolecular Hbond substituents is 2. The molecule has 1 aliphatic carbocycles. The van der Waals surface area contributed by atoms with Crippen molar-refractivity contribution < 1.29 is 10.2 Å². The van der Waals surface area contributed by atoms with Crippen molar-refractivity contribution in [2.45, 2.75) is 44.7 Å². The molecule has 22 heavy (non-hydrogen) atoms. The lowest BCUT2D eigenvalue weighted by Crippen LogP contribution is -2.41. The van der Waals surface area contributed by atoms with E-state index in [0.717, 1.165) is 25.8 Å². The normalized spacial score (nSPS) is 22.2. The van der Waals surface area contributed by atoms with Crippen molar-refractivity contribution >= 4 is 28.3 Å². The summed E-state index contributed by atoms with van der Waals surface area (Å²) in [6.07, 6.45) is 3.11. The summed E-state index contributed by atoms with van der Waals surface area (Å²) in [5.74, 6) is 0.295. The van der Waals surface area contributed by atoms with Crippen LogP contribution in [0.3, 0.4) is 0 Å². The number of fused-ring (bicyclic) bond motifs is 5. The number of thiophene rings is 1. The lowest BCUT2D eigenvalue weighted by Gasteiger charge is -2.38. The van der Waals surface area contributed by atoms with Crippen molar-refractivity contribution in [1.82, 2.24) is 5.32 Å². The maximum Gasteiger partial charge on any atom is 0.157 e. The number of nitrogens with one attached hydrogen (secondary N) is 1. The molecule has 0 bridgehead atoms. The van der Waals surface area contributed by atoms with E-state index in [2.05, 4.69) is 18.3 Å². The first-order valence-electron chi connectivity index (χ1n) is 7.57. The molecule has 3 N–H and O–H groups in total. The first kappa shape index (κ1) is 15.8. The van der Waals surface area contributed by atoms with Gasteiger partial charge in [0.15, 0.2) is 11.5 Å². The number of benzene rings is 1. The summed E-state index contributed by atoms with van der Waals surface area (Å²) < 4.78 is 0. The molecule has 1 aromatic heterocycles. The molecule has 0 saturated heterocycles. The average molecular weight is 382 g/mol. The lowest BCUT2D eigenvalue weighted by atomic mass is 9.74. The fourth-order valence-corrected chi connectivity index (χ4v) is 4.85. The van der Waals surface area contributed by atoms with Gasteiger partial charge in [-0.25, -0.2) is 0 Å². The Kier molecular flexibility index (Phi) is 4.23. The molecule has 1 aliphatic heterocycles. The summed E-state index contributed by atoms with van der Waals surface area (Å²) in [5.41, 5.74) is 3.77. The average Bonchev–Trinajstić information content (AvgIpc) is 2.91. The molecule has 4 rings (SSSR count). The van der Waals surface area contributed by atoms with Crippen LogP contribution in [0.2, 0.25) is 0 Å². The zero-order valence-corrected chi connectivity index (χ0v) is 15.0. The molecule has 2 heterocycles. The Labute approximate surface area is 144 Å². The fraction of sp³-hybridized carbons (Fsp3) is 0.412. The molecule has 0 saturated carbocycles. The highest BCUT2D eigenvalue weighted by molar-refractivity contribution is 8.93. The second-order valence-electron chi connectivity index (χ2n) is 5.99. The van der Waals surface area contributed by atoms with Gasteiger partial charge >= 0.3 is 0 Å². The zero-order chi connectivity index (χ0) is 14.6. The van der Waals surface area contributed by atoms with E-state index < -0.39 is 0 Å². The van der Waals surface area contributed by atoms with E-state index in [1.807, 2.05) is 11.3 Å². The molecule has 0 radical (unpaired) electrons. The molecule has 3 nitrogen and oxygen atoms in total. The quantitative estimate of drug-likeness (QED) is 0.657. The lowest BCUT2D eigenvalue weighted by molar-refractivity contribution is 0.382. The number of rotatable bonds is 1. The summed E-state index contributed by atoms with van der Waals surface area (Å²) in [6.45, 7) is 3.15. The summed E-state index contributed by atoms with van der Waals surface area (Å²) in [6, 6.07) is 6.29. The highest BCUT2D eigenvalue weighted by Gasteiger charge is 2.36. The maximum atomic E-state index is 9.90. The molecule has 2 atom stereocenters. The number of hydrogen-bond acceptors (Lipinski definition) is 4. The van der Waals surface area contributed by atoms with Crippen molar-refractivity contribution in [3.63, 3.8) is 0 Å². The van der Waals surface area contributed by atoms with E-state index >= 15 is 0 Å². The molecule has 0 spiro atoms. The Morgan fingerprint density at radius 3 is 2.73 bits per heavy atom. The zero-order valence-electron chi connectivity index (χ0n) is 12.4. The highest BCUT2D eigenvalue weighted by Crippen LogP contribution is 2.46. The van der Waals surface area contributed by atoms with E-state index in [1.54, 1.807) is 12.1 Å². The van der Waals surface area contributed by atoms with Gasteiger partial charge in [0.2, 0.25) is 0 Å². The number of halogens is 1. The van der Waals surface area contributed by atoms with Gasteiger partial charge in [-0.2, -0.15) is 0 Å². The molecule has 0 unspecified atom stereocenters. The van der Waals surface area contributed by atoms with Crippen LogP contribution in [0.4, 0.5) is 0 Å². The van der Waals surface area contributed by atoms with Gasteiger partial charge in [-0.3, -0.25) is 0 Å². The van der Waals surface area contributed by atoms with Gasteiger partial charge in [-0.15, -0.1) is 28.3 Å². The Morgan fingerprint density at radius 2 is 1.95 bits per heavy atom. The number of aryl methyl sites for hydroxylation is 2. The topological polar surface area (TPSA) is 52.5 Å². The van der Waals surface area contributed by atoms with Crippen molar-refractivity contribution in [2.24, 2.45) is 0 Å². The molecule has 0 amide bonds. The maximum absolute atomic E-state index is 9.90. The third-order valence-electron chi connectivity index (χ3n) is 4.80. The molecule has 1 aromatic carbocycles. The molecule has 5 heteroatoms. The van der Waals surface area contributed by atoms with Crippen LogP contribution in [0.15, 0.2) is 18.2 Å². The number of phenols is 2. The Hall–Kier alpha value is -1.04. The minimum absolute atomic E-state index is 0. The molecular formula is C17H20BrNO2S. The van der Waals surface area contributed by atoms with Crippen LogP contribution < -0.4 is 5.32 Å². The number of hydrogen-bond donors (Lipinski definition) is 3. The van der Waals surface area contributed by atoms with Gasteiger partial charge in [0.05, 0.1) is 0 Å². The Bertz CT molecular complexity index is 713. The van der Waals surface area contributed by atoms with E-state index in [0.29, 0.717) is 12.0 Å². The molecular weight excluding hydrogens is 362 g/mol. The molecule has 2 aromatic rings. The summed E-state index contributed by atoms with van der Waals surface area (Å²) in [4.78, 5) is 2.85. The largest absolute Gasteiger partial charge is 0.504 e. The molecule has 0 fully saturated rings. The van der Waals surface area contributed by atoms with Crippen molar-refractivity contribution in [2.75, 3.05) is 0 Å². The third-order valence-corrected chi connectivity index (χ3v) is 6.09. The van der Waals surface area contributed by atoms with E-state index in [1.165, 1.54) is 26.4 Å². The van der Waals surface area contributed by atoms with Gasteiger partial charge in [-0.05, 0) is 54.2 Å². The standard InChI is InChI=1S/C17H19NO2S.BrH/c1-2-10-6-12-16(21-10)8-18-13-4-3-9-5-14(19)15(20)7-11(9)17(12)13;/h5-7,13,17-20H,2-4,8H2,1H3;1H/t13-,17+;/m0./s1. The van der Waals surface area contributed by atoms with Crippen LogP contribution in [0.25, 0.3) is 0 Å². The minimum atomic E-state index is -0.00697. The first-order valence-corrected chi connectivity index (χ1v) is 8.38. The summed E-state index contributed by atoms with van der Waals surface area (Å²) >= 11 is 1.90. The first-order chi connectivity index (χ1) is 10.2. The predicted octanol–water partition coefficient (Wildman–Crippen LogP) is 3.85. The SMILES string of the molecule is Br.CCc1cc2c(s1)CN[C@H]1CCc3cc(O)c(O)cc3[C@H]21. The number of aromatic hydroxyl groups is 2. The monoisotopic (exact) mass is 381 g/mol. The van der Waals surface area contributed by atoms with Crippen LogP contribution in [0.1, 0.15) is 45.7 Å². The second-order valence-corrected chi connectivity index (χ2v) is 7.21. The second kappa shape index (κ2) is 5.87. The van der Waals surface area contributed by atoms with Gasteiger partial charge < -0.3 is 15.5 Å². The van der Waals surface area contributed by atoms with E-state index in [-0.39, 0.29) is 28.5 Å². The summed E-state index contributed by atoms with van der Waals surface area (Å²) in [5, 5.41) is 23.3. The van der Waals surface area contributed by atoms with Crippen molar-refractivity contribution in [3.05, 3.63) is 44.6 Å². The molecule has 2 aliphatic rings. The van der Waals surface area contributed by atoms with Crippen molar-refractivity contribution in [3.8, 4) is 11.5 Å². The van der Waals surface area contributed by atoms with Crippen molar-refractivity contribution in [1.29, 1.82) is 0 Å². The van der Waals surface area contributed by atoms with Crippen LogP contribution in [-0.4, -0.2) is 16.3 Å². The predicted molar refractivity (Wildman–Crippen MR) is 94.6 cm³/mol. The van der Waals surface area contributed by atoms with Crippen LogP contribution in [0, 0.1) is 0 Å². The van der Waals surface area contributed by atoms with Gasteiger partial charge in [-0.1, -0.05) is 6.92 Å². The Morgan fingerprint density at radius 1 is 1.18 bits per heavy atom. The highest BCUT2D eigenvalue weighted by atomic mass is 79.9. The van der Waals surface area contributed by atoms with E-state index in [4.69, 9.17) is 0 Å². The van der Waals surface area contributed by atoms with Crippen LogP contribution in [0.5, 0.6) is 11.5 Å². The van der Waals surface area contributed by atoms with Gasteiger partial charge in [0.1, 0.15) is 0 Å². The van der Waals surface area contributed by atoms with Gasteiger partial charge in [0.25, 0.3) is 0 Å². The minimum Gasteiger partial charge on any atom is -0.504 e. The smallest absolute Gasteiger partial charge is 0.157 e. The van der Waals surface area contributed by atoms with Crippen LogP contribution in [-0.2, 0) is 19.4 Å². The third kappa shape index (κ3) is 2.36. The van der Waals surface area contributed by atoms with E-state index in [9.17, 15) is 10.2 Å².